The maximum atomic E-state index is 12.0. The lowest BCUT2D eigenvalue weighted by Gasteiger charge is -2.06. The molecule has 1 aliphatic rings. The van der Waals surface area contributed by atoms with E-state index in [1.54, 1.807) is 18.4 Å². The maximum Gasteiger partial charge on any atom is 0.239 e. The molecule has 1 fully saturated rings. The molecule has 1 aliphatic heterocycles. The Morgan fingerprint density at radius 1 is 1.26 bits per heavy atom. The number of rotatable bonds is 5. The third kappa shape index (κ3) is 4.10. The molecule has 6 heteroatoms. The SMILES string of the molecule is CCc1ccc(C[C@@H]2S/C(=N/N=C\c3ccco3)NC2=O)cc1. The average Bonchev–Trinajstić information content (AvgIpc) is 3.19. The van der Waals surface area contributed by atoms with Crippen LogP contribution in [-0.4, -0.2) is 22.5 Å². The van der Waals surface area contributed by atoms with Crippen molar-refractivity contribution in [2.45, 2.75) is 25.0 Å². The molecule has 1 atom stereocenters. The molecule has 1 N–H and O–H groups in total. The number of hydrogen-bond acceptors (Lipinski definition) is 5. The molecular formula is C17H17N3O2S. The number of nitrogens with one attached hydrogen (secondary N) is 1. The number of amides is 1. The van der Waals surface area contributed by atoms with Crippen molar-refractivity contribution in [2.24, 2.45) is 10.2 Å². The van der Waals surface area contributed by atoms with Gasteiger partial charge >= 0.3 is 0 Å². The van der Waals surface area contributed by atoms with Crippen molar-refractivity contribution >= 4 is 29.1 Å². The Balaban J connectivity index is 1.60. The number of benzene rings is 1. The maximum absolute atomic E-state index is 12.0. The quantitative estimate of drug-likeness (QED) is 0.678. The van der Waals surface area contributed by atoms with Crippen molar-refractivity contribution in [3.05, 3.63) is 59.5 Å². The minimum atomic E-state index is -0.167. The number of hydrogen-bond donors (Lipinski definition) is 1. The minimum Gasteiger partial charge on any atom is -0.463 e. The molecule has 1 amide bonds. The summed E-state index contributed by atoms with van der Waals surface area (Å²) in [5.74, 6) is 0.595. The van der Waals surface area contributed by atoms with Gasteiger partial charge < -0.3 is 9.73 Å². The second-order valence-corrected chi connectivity index (χ2v) is 6.33. The first-order chi connectivity index (χ1) is 11.2. The summed E-state index contributed by atoms with van der Waals surface area (Å²) in [6.07, 6.45) is 4.78. The van der Waals surface area contributed by atoms with Gasteiger partial charge in [-0.05, 0) is 36.1 Å². The summed E-state index contributed by atoms with van der Waals surface area (Å²) in [5.41, 5.74) is 2.45. The van der Waals surface area contributed by atoms with Gasteiger partial charge in [0.15, 0.2) is 5.17 Å². The van der Waals surface area contributed by atoms with Crippen molar-refractivity contribution in [1.29, 1.82) is 0 Å². The van der Waals surface area contributed by atoms with Crippen LogP contribution in [0.25, 0.3) is 0 Å². The van der Waals surface area contributed by atoms with Crippen molar-refractivity contribution in [2.75, 3.05) is 0 Å². The average molecular weight is 327 g/mol. The highest BCUT2D eigenvalue weighted by Crippen LogP contribution is 2.23. The first-order valence-electron chi connectivity index (χ1n) is 7.44. The molecule has 118 valence electrons. The van der Waals surface area contributed by atoms with E-state index in [4.69, 9.17) is 4.42 Å². The first-order valence-corrected chi connectivity index (χ1v) is 8.32. The molecule has 3 rings (SSSR count). The molecule has 23 heavy (non-hydrogen) atoms. The Hall–Kier alpha value is -2.34. The standard InChI is InChI=1S/C17H17N3O2S/c1-2-12-5-7-13(8-6-12)10-15-16(21)19-17(23-15)20-18-11-14-4-3-9-22-14/h3-9,11,15H,2,10H2,1H3,(H,19,20,21)/b18-11-/t15-/m0/s1. The van der Waals surface area contributed by atoms with Gasteiger partial charge in [0, 0.05) is 0 Å². The molecule has 1 aromatic carbocycles. The van der Waals surface area contributed by atoms with E-state index in [0.29, 0.717) is 17.3 Å². The lowest BCUT2D eigenvalue weighted by atomic mass is 10.1. The highest BCUT2D eigenvalue weighted by molar-refractivity contribution is 8.15. The number of furan rings is 1. The third-order valence-electron chi connectivity index (χ3n) is 3.51. The summed E-state index contributed by atoms with van der Waals surface area (Å²) in [6.45, 7) is 2.13. The van der Waals surface area contributed by atoms with Crippen LogP contribution in [0, 0.1) is 0 Å². The topological polar surface area (TPSA) is 67.0 Å². The van der Waals surface area contributed by atoms with Crippen molar-refractivity contribution < 1.29 is 9.21 Å². The fraction of sp³-hybridized carbons (Fsp3) is 0.235. The molecule has 0 spiro atoms. The number of aryl methyl sites for hydroxylation is 1. The Morgan fingerprint density at radius 2 is 2.04 bits per heavy atom. The Kier molecular flexibility index (Phi) is 4.92. The largest absolute Gasteiger partial charge is 0.463 e. The molecular weight excluding hydrogens is 310 g/mol. The van der Waals surface area contributed by atoms with Crippen LogP contribution in [0.3, 0.4) is 0 Å². The first kappa shape index (κ1) is 15.6. The fourth-order valence-corrected chi connectivity index (χ4v) is 3.18. The normalized spacial score (nSPS) is 19.6. The van der Waals surface area contributed by atoms with Crippen LogP contribution < -0.4 is 5.32 Å². The third-order valence-corrected chi connectivity index (χ3v) is 4.58. The zero-order valence-electron chi connectivity index (χ0n) is 12.7. The fourth-order valence-electron chi connectivity index (χ4n) is 2.21. The summed E-state index contributed by atoms with van der Waals surface area (Å²) in [7, 11) is 0. The lowest BCUT2D eigenvalue weighted by molar-refractivity contribution is -0.118. The van der Waals surface area contributed by atoms with Gasteiger partial charge in [-0.1, -0.05) is 43.0 Å². The van der Waals surface area contributed by atoms with Crippen LogP contribution in [0.15, 0.2) is 57.3 Å². The Bertz CT molecular complexity index is 721. The number of carbonyl (C=O) groups excluding carboxylic acids is 1. The zero-order chi connectivity index (χ0) is 16.1. The second kappa shape index (κ2) is 7.28. The van der Waals surface area contributed by atoms with E-state index < -0.39 is 0 Å². The summed E-state index contributed by atoms with van der Waals surface area (Å²) < 4.78 is 5.13. The van der Waals surface area contributed by atoms with Crippen molar-refractivity contribution in [3.8, 4) is 0 Å². The highest BCUT2D eigenvalue weighted by atomic mass is 32.2. The molecule has 0 saturated carbocycles. The van der Waals surface area contributed by atoms with Gasteiger partial charge in [0.05, 0.1) is 17.7 Å². The van der Waals surface area contributed by atoms with Crippen LogP contribution in [0.1, 0.15) is 23.8 Å². The Morgan fingerprint density at radius 3 is 2.74 bits per heavy atom. The number of carbonyl (C=O) groups is 1. The van der Waals surface area contributed by atoms with E-state index in [-0.39, 0.29) is 11.2 Å². The lowest BCUT2D eigenvalue weighted by Crippen LogP contribution is -2.25. The molecule has 2 heterocycles. The molecule has 2 aromatic rings. The molecule has 5 nitrogen and oxygen atoms in total. The van der Waals surface area contributed by atoms with Gasteiger partial charge in [0.25, 0.3) is 0 Å². The van der Waals surface area contributed by atoms with Gasteiger partial charge in [0.2, 0.25) is 5.91 Å². The van der Waals surface area contributed by atoms with Gasteiger partial charge in [-0.15, -0.1) is 5.10 Å². The number of amidine groups is 1. The number of thioether (sulfide) groups is 1. The summed E-state index contributed by atoms with van der Waals surface area (Å²) >= 11 is 1.41. The molecule has 1 saturated heterocycles. The zero-order valence-corrected chi connectivity index (χ0v) is 13.5. The molecule has 0 radical (unpaired) electrons. The van der Waals surface area contributed by atoms with Crippen LogP contribution in [0.2, 0.25) is 0 Å². The van der Waals surface area contributed by atoms with Gasteiger partial charge in [-0.25, -0.2) is 0 Å². The molecule has 0 bridgehead atoms. The highest BCUT2D eigenvalue weighted by Gasteiger charge is 2.30. The van der Waals surface area contributed by atoms with E-state index >= 15 is 0 Å². The smallest absolute Gasteiger partial charge is 0.239 e. The monoisotopic (exact) mass is 327 g/mol. The molecule has 0 unspecified atom stereocenters. The van der Waals surface area contributed by atoms with E-state index in [1.165, 1.54) is 23.5 Å². The van der Waals surface area contributed by atoms with E-state index in [1.807, 2.05) is 0 Å². The second-order valence-electron chi connectivity index (χ2n) is 5.14. The summed E-state index contributed by atoms with van der Waals surface area (Å²) in [5, 5.41) is 11.1. The molecule has 1 aromatic heterocycles. The van der Waals surface area contributed by atoms with E-state index in [2.05, 4.69) is 46.7 Å². The number of nitrogens with zero attached hydrogens (tertiary/aromatic N) is 2. The Labute approximate surface area is 138 Å². The predicted molar refractivity (Wildman–Crippen MR) is 92.8 cm³/mol. The van der Waals surface area contributed by atoms with Gasteiger partial charge in [-0.3, -0.25) is 4.79 Å². The van der Waals surface area contributed by atoms with Crippen LogP contribution in [0.5, 0.6) is 0 Å². The van der Waals surface area contributed by atoms with Crippen molar-refractivity contribution in [1.82, 2.24) is 5.32 Å². The van der Waals surface area contributed by atoms with Crippen LogP contribution in [0.4, 0.5) is 0 Å². The van der Waals surface area contributed by atoms with Gasteiger partial charge in [0.1, 0.15) is 5.76 Å². The summed E-state index contributed by atoms with van der Waals surface area (Å²) in [4.78, 5) is 12.0. The predicted octanol–water partition coefficient (Wildman–Crippen LogP) is 3.01. The van der Waals surface area contributed by atoms with Crippen molar-refractivity contribution in [3.63, 3.8) is 0 Å². The van der Waals surface area contributed by atoms with E-state index in [9.17, 15) is 4.79 Å². The summed E-state index contributed by atoms with van der Waals surface area (Å²) in [6, 6.07) is 11.9. The van der Waals surface area contributed by atoms with E-state index in [0.717, 1.165) is 12.0 Å². The van der Waals surface area contributed by atoms with Gasteiger partial charge in [-0.2, -0.15) is 5.10 Å². The minimum absolute atomic E-state index is 0.0264. The van der Waals surface area contributed by atoms with Crippen LogP contribution >= 0.6 is 11.8 Å². The molecule has 0 aliphatic carbocycles. The van der Waals surface area contributed by atoms with Crippen LogP contribution in [-0.2, 0) is 17.6 Å².